The molecule has 0 aliphatic rings. The van der Waals surface area contributed by atoms with Crippen LogP contribution < -0.4 is 5.32 Å². The molecule has 0 aliphatic carbocycles. The van der Waals surface area contributed by atoms with Gasteiger partial charge in [0.25, 0.3) is 5.91 Å². The lowest BCUT2D eigenvalue weighted by atomic mass is 10.1. The number of halogens is 1. The van der Waals surface area contributed by atoms with E-state index in [2.05, 4.69) is 15.5 Å². The van der Waals surface area contributed by atoms with Crippen molar-refractivity contribution in [1.29, 1.82) is 0 Å². The van der Waals surface area contributed by atoms with Gasteiger partial charge in [-0.15, -0.1) is 0 Å². The third-order valence-electron chi connectivity index (χ3n) is 3.76. The van der Waals surface area contributed by atoms with Crippen LogP contribution in [-0.4, -0.2) is 57.1 Å². The molecular weight excluding hydrogens is 360 g/mol. The standard InChI is InChI=1S/C17H19ClN4O4/c1-10(17(25)26)22(8-7-19-11(2)23)16(24)15-9-14(20-21-15)12-3-5-13(18)6-4-12/h3-6,9-10H,7-8H2,1-2H3,(H,19,23)(H,20,21)(H,25,26). The maximum absolute atomic E-state index is 12.7. The molecule has 1 atom stereocenters. The van der Waals surface area contributed by atoms with Crippen LogP contribution in [0.3, 0.4) is 0 Å². The number of aromatic nitrogens is 2. The zero-order chi connectivity index (χ0) is 19.3. The van der Waals surface area contributed by atoms with Crippen LogP contribution in [0.15, 0.2) is 30.3 Å². The van der Waals surface area contributed by atoms with Crippen LogP contribution in [-0.2, 0) is 9.59 Å². The van der Waals surface area contributed by atoms with E-state index in [4.69, 9.17) is 11.6 Å². The van der Waals surface area contributed by atoms with Crippen molar-refractivity contribution in [2.75, 3.05) is 13.1 Å². The van der Waals surface area contributed by atoms with Crippen molar-refractivity contribution in [3.8, 4) is 11.3 Å². The monoisotopic (exact) mass is 378 g/mol. The fourth-order valence-electron chi connectivity index (χ4n) is 2.31. The van der Waals surface area contributed by atoms with Gasteiger partial charge in [0.15, 0.2) is 0 Å². The Labute approximate surface area is 155 Å². The number of aliphatic carboxylic acids is 1. The maximum Gasteiger partial charge on any atom is 0.326 e. The molecule has 1 unspecified atom stereocenters. The van der Waals surface area contributed by atoms with Crippen LogP contribution in [0.2, 0.25) is 5.02 Å². The van der Waals surface area contributed by atoms with Gasteiger partial charge in [-0.25, -0.2) is 4.79 Å². The average molecular weight is 379 g/mol. The molecule has 0 radical (unpaired) electrons. The molecule has 9 heteroatoms. The van der Waals surface area contributed by atoms with Gasteiger partial charge < -0.3 is 15.3 Å². The smallest absolute Gasteiger partial charge is 0.326 e. The van der Waals surface area contributed by atoms with Crippen LogP contribution >= 0.6 is 11.6 Å². The molecule has 0 saturated heterocycles. The molecule has 2 amide bonds. The minimum atomic E-state index is -1.14. The van der Waals surface area contributed by atoms with Crippen LogP contribution in [0.25, 0.3) is 11.3 Å². The van der Waals surface area contributed by atoms with Crippen molar-refractivity contribution in [2.45, 2.75) is 19.9 Å². The number of carbonyl (C=O) groups is 3. The van der Waals surface area contributed by atoms with E-state index in [1.807, 2.05) is 0 Å². The summed E-state index contributed by atoms with van der Waals surface area (Å²) in [6, 6.07) is 7.44. The van der Waals surface area contributed by atoms with Crippen LogP contribution in [0.1, 0.15) is 24.3 Å². The van der Waals surface area contributed by atoms with E-state index in [9.17, 15) is 19.5 Å². The molecule has 0 spiro atoms. The minimum absolute atomic E-state index is 0.0567. The van der Waals surface area contributed by atoms with E-state index < -0.39 is 17.9 Å². The summed E-state index contributed by atoms with van der Waals surface area (Å²) in [5.74, 6) is -1.91. The molecular formula is C17H19ClN4O4. The normalized spacial score (nSPS) is 11.7. The lowest BCUT2D eigenvalue weighted by Gasteiger charge is -2.26. The number of nitrogens with one attached hydrogen (secondary N) is 2. The summed E-state index contributed by atoms with van der Waals surface area (Å²) in [7, 11) is 0. The van der Waals surface area contributed by atoms with Crippen molar-refractivity contribution >= 4 is 29.4 Å². The number of benzene rings is 1. The van der Waals surface area contributed by atoms with Crippen molar-refractivity contribution in [2.24, 2.45) is 0 Å². The highest BCUT2D eigenvalue weighted by Crippen LogP contribution is 2.21. The summed E-state index contributed by atoms with van der Waals surface area (Å²) in [5.41, 5.74) is 1.46. The number of carboxylic acids is 1. The largest absolute Gasteiger partial charge is 0.480 e. The highest BCUT2D eigenvalue weighted by atomic mass is 35.5. The number of aromatic amines is 1. The predicted molar refractivity (Wildman–Crippen MR) is 95.9 cm³/mol. The second-order valence-corrected chi connectivity index (χ2v) is 6.11. The van der Waals surface area contributed by atoms with Crippen LogP contribution in [0.4, 0.5) is 0 Å². The van der Waals surface area contributed by atoms with Gasteiger partial charge in [0.2, 0.25) is 5.91 Å². The SMILES string of the molecule is CC(=O)NCCN(C(=O)c1cc(-c2ccc(Cl)cc2)n[nH]1)C(C)C(=O)O. The molecule has 0 saturated carbocycles. The van der Waals surface area contributed by atoms with E-state index in [0.717, 1.165) is 10.5 Å². The first-order chi connectivity index (χ1) is 12.3. The Kier molecular flexibility index (Phi) is 6.35. The highest BCUT2D eigenvalue weighted by Gasteiger charge is 2.27. The van der Waals surface area contributed by atoms with E-state index in [0.29, 0.717) is 10.7 Å². The Bertz CT molecular complexity index is 803. The predicted octanol–water partition coefficient (Wildman–Crippen LogP) is 1.78. The molecule has 2 aromatic rings. The fraction of sp³-hybridized carbons (Fsp3) is 0.294. The first-order valence-corrected chi connectivity index (χ1v) is 8.27. The lowest BCUT2D eigenvalue weighted by molar-refractivity contribution is -0.141. The molecule has 0 aliphatic heterocycles. The molecule has 1 heterocycles. The summed E-state index contributed by atoms with van der Waals surface area (Å²) in [6.45, 7) is 2.96. The number of hydrogen-bond acceptors (Lipinski definition) is 4. The van der Waals surface area contributed by atoms with Gasteiger partial charge in [-0.1, -0.05) is 23.7 Å². The molecule has 26 heavy (non-hydrogen) atoms. The zero-order valence-corrected chi connectivity index (χ0v) is 15.1. The Balaban J connectivity index is 2.20. The van der Waals surface area contributed by atoms with Gasteiger partial charge in [-0.05, 0) is 25.1 Å². The number of hydrogen-bond donors (Lipinski definition) is 3. The average Bonchev–Trinajstić information content (AvgIpc) is 3.08. The number of nitrogens with zero attached hydrogens (tertiary/aromatic N) is 2. The lowest BCUT2D eigenvalue weighted by Crippen LogP contribution is -2.46. The Morgan fingerprint density at radius 1 is 1.31 bits per heavy atom. The number of amides is 2. The zero-order valence-electron chi connectivity index (χ0n) is 14.3. The van der Waals surface area contributed by atoms with Gasteiger partial charge >= 0.3 is 5.97 Å². The van der Waals surface area contributed by atoms with Gasteiger partial charge in [-0.2, -0.15) is 5.10 Å². The van der Waals surface area contributed by atoms with Gasteiger partial charge in [-0.3, -0.25) is 14.7 Å². The molecule has 1 aromatic carbocycles. The van der Waals surface area contributed by atoms with E-state index in [1.54, 1.807) is 30.3 Å². The van der Waals surface area contributed by atoms with E-state index in [-0.39, 0.29) is 24.7 Å². The van der Waals surface area contributed by atoms with E-state index in [1.165, 1.54) is 13.8 Å². The molecule has 0 bridgehead atoms. The fourth-order valence-corrected chi connectivity index (χ4v) is 2.44. The molecule has 1 aromatic heterocycles. The number of rotatable bonds is 7. The minimum Gasteiger partial charge on any atom is -0.480 e. The molecule has 138 valence electrons. The number of carbonyl (C=O) groups excluding carboxylic acids is 2. The van der Waals surface area contributed by atoms with Crippen LogP contribution in [0.5, 0.6) is 0 Å². The molecule has 8 nitrogen and oxygen atoms in total. The first kappa shape index (κ1) is 19.5. The van der Waals surface area contributed by atoms with Crippen LogP contribution in [0, 0.1) is 0 Å². The summed E-state index contributed by atoms with van der Waals surface area (Å²) in [5, 5.41) is 19.1. The maximum atomic E-state index is 12.7. The Morgan fingerprint density at radius 2 is 1.96 bits per heavy atom. The molecule has 3 N–H and O–H groups in total. The number of carboxylic acid groups (broad SMARTS) is 1. The molecule has 2 rings (SSSR count). The van der Waals surface area contributed by atoms with Crippen molar-refractivity contribution in [1.82, 2.24) is 20.4 Å². The quantitative estimate of drug-likeness (QED) is 0.679. The van der Waals surface area contributed by atoms with Crippen molar-refractivity contribution < 1.29 is 19.5 Å². The third-order valence-corrected chi connectivity index (χ3v) is 4.01. The second-order valence-electron chi connectivity index (χ2n) is 5.67. The third kappa shape index (κ3) is 4.82. The summed E-state index contributed by atoms with van der Waals surface area (Å²) in [6.07, 6.45) is 0. The molecule has 0 fully saturated rings. The van der Waals surface area contributed by atoms with Crippen molar-refractivity contribution in [3.63, 3.8) is 0 Å². The van der Waals surface area contributed by atoms with Gasteiger partial charge in [0.1, 0.15) is 11.7 Å². The first-order valence-electron chi connectivity index (χ1n) is 7.89. The van der Waals surface area contributed by atoms with Gasteiger partial charge in [0, 0.05) is 30.6 Å². The summed E-state index contributed by atoms with van der Waals surface area (Å²) in [4.78, 5) is 36.2. The highest BCUT2D eigenvalue weighted by molar-refractivity contribution is 6.30. The second kappa shape index (κ2) is 8.48. The topological polar surface area (TPSA) is 115 Å². The van der Waals surface area contributed by atoms with E-state index >= 15 is 0 Å². The summed E-state index contributed by atoms with van der Waals surface area (Å²) >= 11 is 5.86. The summed E-state index contributed by atoms with van der Waals surface area (Å²) < 4.78 is 0. The Morgan fingerprint density at radius 3 is 2.54 bits per heavy atom. The number of H-pyrrole nitrogens is 1. The van der Waals surface area contributed by atoms with Crippen molar-refractivity contribution in [3.05, 3.63) is 41.0 Å². The van der Waals surface area contributed by atoms with Gasteiger partial charge in [0.05, 0.1) is 5.69 Å². The Hall–Kier alpha value is -2.87.